The summed E-state index contributed by atoms with van der Waals surface area (Å²) < 4.78 is 5.64. The van der Waals surface area contributed by atoms with Crippen LogP contribution in [-0.4, -0.2) is 24.7 Å². The number of carbonyl (C=O) groups excluding carboxylic acids is 1. The Hall–Kier alpha value is -1.10. The van der Waals surface area contributed by atoms with E-state index in [2.05, 4.69) is 50.4 Å². The van der Waals surface area contributed by atoms with Crippen LogP contribution >= 0.6 is 12.4 Å². The van der Waals surface area contributed by atoms with Crippen molar-refractivity contribution in [2.45, 2.75) is 64.2 Å². The van der Waals surface area contributed by atoms with E-state index in [9.17, 15) is 4.79 Å². The topological polar surface area (TPSA) is 64.4 Å². The maximum absolute atomic E-state index is 12.2. The molecule has 1 aromatic carbocycles. The van der Waals surface area contributed by atoms with Crippen molar-refractivity contribution in [3.8, 4) is 0 Å². The molecule has 1 aliphatic heterocycles. The molecule has 3 N–H and O–H groups in total. The van der Waals surface area contributed by atoms with E-state index < -0.39 is 0 Å². The molecule has 1 fully saturated rings. The van der Waals surface area contributed by atoms with Gasteiger partial charge in [-0.1, -0.05) is 45.0 Å². The lowest BCUT2D eigenvalue weighted by Gasteiger charge is -2.21. The van der Waals surface area contributed by atoms with Crippen molar-refractivity contribution in [1.29, 1.82) is 0 Å². The molecule has 5 heteroatoms. The Bertz CT molecular complexity index is 511. The molecular weight excluding hydrogens is 312 g/mol. The highest BCUT2D eigenvalue weighted by Gasteiger charge is 2.30. The van der Waals surface area contributed by atoms with Crippen LogP contribution in [0.2, 0.25) is 0 Å². The van der Waals surface area contributed by atoms with Gasteiger partial charge in [0.1, 0.15) is 6.10 Å². The zero-order chi connectivity index (χ0) is 16.3. The molecule has 1 saturated heterocycles. The van der Waals surface area contributed by atoms with Gasteiger partial charge in [0.05, 0.1) is 12.1 Å². The zero-order valence-corrected chi connectivity index (χ0v) is 15.3. The fraction of sp³-hybridized carbons (Fsp3) is 0.611. The van der Waals surface area contributed by atoms with Gasteiger partial charge < -0.3 is 15.8 Å². The van der Waals surface area contributed by atoms with Crippen LogP contribution in [0.1, 0.15) is 57.7 Å². The first-order chi connectivity index (χ1) is 10.3. The lowest BCUT2D eigenvalue weighted by Crippen LogP contribution is -2.37. The summed E-state index contributed by atoms with van der Waals surface area (Å²) in [6.07, 6.45) is 1.29. The van der Waals surface area contributed by atoms with Crippen LogP contribution in [0.4, 0.5) is 0 Å². The van der Waals surface area contributed by atoms with E-state index in [0.29, 0.717) is 6.54 Å². The van der Waals surface area contributed by atoms with Crippen LogP contribution in [0.5, 0.6) is 0 Å². The molecule has 23 heavy (non-hydrogen) atoms. The highest BCUT2D eigenvalue weighted by molar-refractivity contribution is 5.85. The quantitative estimate of drug-likeness (QED) is 0.885. The van der Waals surface area contributed by atoms with Crippen LogP contribution in [-0.2, 0) is 14.9 Å². The van der Waals surface area contributed by atoms with Gasteiger partial charge in [-0.2, -0.15) is 0 Å². The lowest BCUT2D eigenvalue weighted by molar-refractivity contribution is -0.132. The maximum atomic E-state index is 12.2. The molecule has 0 aliphatic carbocycles. The minimum Gasteiger partial charge on any atom is -0.364 e. The van der Waals surface area contributed by atoms with Gasteiger partial charge in [0.25, 0.3) is 0 Å². The van der Waals surface area contributed by atoms with E-state index in [-0.39, 0.29) is 42.0 Å². The first-order valence-corrected chi connectivity index (χ1v) is 8.07. The monoisotopic (exact) mass is 340 g/mol. The SMILES string of the molecule is CC(NC(=O)[C@@H]1CC[C@H](CN)O1)c1ccc(C(C)(C)C)cc1.Cl. The second-order valence-corrected chi connectivity index (χ2v) is 7.16. The average molecular weight is 341 g/mol. The molecule has 0 spiro atoms. The first-order valence-electron chi connectivity index (χ1n) is 8.07. The van der Waals surface area contributed by atoms with Crippen molar-refractivity contribution in [2.24, 2.45) is 5.73 Å². The Balaban J connectivity index is 0.00000264. The summed E-state index contributed by atoms with van der Waals surface area (Å²) in [4.78, 5) is 12.2. The maximum Gasteiger partial charge on any atom is 0.249 e. The molecule has 1 amide bonds. The molecule has 0 radical (unpaired) electrons. The lowest BCUT2D eigenvalue weighted by atomic mass is 9.86. The van der Waals surface area contributed by atoms with E-state index in [1.807, 2.05) is 6.92 Å². The fourth-order valence-electron chi connectivity index (χ4n) is 2.73. The normalized spacial score (nSPS) is 22.3. The van der Waals surface area contributed by atoms with E-state index in [1.54, 1.807) is 0 Å². The number of nitrogens with two attached hydrogens (primary N) is 1. The first kappa shape index (κ1) is 19.9. The molecule has 1 aromatic rings. The van der Waals surface area contributed by atoms with Gasteiger partial charge >= 0.3 is 0 Å². The van der Waals surface area contributed by atoms with E-state index in [0.717, 1.165) is 18.4 Å². The van der Waals surface area contributed by atoms with Gasteiger partial charge in [0, 0.05) is 6.54 Å². The number of nitrogens with one attached hydrogen (secondary N) is 1. The summed E-state index contributed by atoms with van der Waals surface area (Å²) in [5, 5.41) is 3.04. The van der Waals surface area contributed by atoms with Gasteiger partial charge in [-0.3, -0.25) is 4.79 Å². The van der Waals surface area contributed by atoms with Crippen LogP contribution in [0.25, 0.3) is 0 Å². The Morgan fingerprint density at radius 3 is 2.39 bits per heavy atom. The number of rotatable bonds is 4. The number of hydrogen-bond donors (Lipinski definition) is 2. The summed E-state index contributed by atoms with van der Waals surface area (Å²) in [6, 6.07) is 8.42. The minimum atomic E-state index is -0.357. The van der Waals surface area contributed by atoms with Gasteiger partial charge in [0.2, 0.25) is 5.91 Å². The summed E-state index contributed by atoms with van der Waals surface area (Å²) in [6.45, 7) is 9.06. The number of amides is 1. The van der Waals surface area contributed by atoms with E-state index in [4.69, 9.17) is 10.5 Å². The van der Waals surface area contributed by atoms with Crippen molar-refractivity contribution in [2.75, 3.05) is 6.54 Å². The van der Waals surface area contributed by atoms with Gasteiger partial charge in [-0.15, -0.1) is 12.4 Å². The molecule has 2 rings (SSSR count). The largest absolute Gasteiger partial charge is 0.364 e. The molecule has 0 bridgehead atoms. The zero-order valence-electron chi connectivity index (χ0n) is 14.5. The van der Waals surface area contributed by atoms with Crippen molar-refractivity contribution < 1.29 is 9.53 Å². The van der Waals surface area contributed by atoms with E-state index in [1.165, 1.54) is 5.56 Å². The smallest absolute Gasteiger partial charge is 0.249 e. The highest BCUT2D eigenvalue weighted by atomic mass is 35.5. The van der Waals surface area contributed by atoms with Crippen LogP contribution in [0, 0.1) is 0 Å². The third kappa shape index (κ3) is 5.20. The van der Waals surface area contributed by atoms with Gasteiger partial charge in [-0.05, 0) is 36.3 Å². The summed E-state index contributed by atoms with van der Waals surface area (Å²) in [7, 11) is 0. The van der Waals surface area contributed by atoms with E-state index >= 15 is 0 Å². The highest BCUT2D eigenvalue weighted by Crippen LogP contribution is 2.24. The van der Waals surface area contributed by atoms with Crippen molar-refractivity contribution in [3.63, 3.8) is 0 Å². The summed E-state index contributed by atoms with van der Waals surface area (Å²) >= 11 is 0. The number of hydrogen-bond acceptors (Lipinski definition) is 3. The van der Waals surface area contributed by atoms with Crippen molar-refractivity contribution >= 4 is 18.3 Å². The van der Waals surface area contributed by atoms with Gasteiger partial charge in [0.15, 0.2) is 0 Å². The van der Waals surface area contributed by atoms with Crippen LogP contribution in [0.3, 0.4) is 0 Å². The Morgan fingerprint density at radius 2 is 1.91 bits per heavy atom. The number of halogens is 1. The molecule has 3 atom stereocenters. The second-order valence-electron chi connectivity index (χ2n) is 7.16. The molecule has 1 unspecified atom stereocenters. The standard InChI is InChI=1S/C18H28N2O2.ClH/c1-12(13-5-7-14(8-6-13)18(2,3)4)20-17(21)16-10-9-15(11-19)22-16;/h5-8,12,15-16H,9-11,19H2,1-4H3,(H,20,21);1H/t12?,15-,16+;/m1./s1. The Labute approximate surface area is 145 Å². The number of benzene rings is 1. The predicted octanol–water partition coefficient (Wildman–Crippen LogP) is 3.09. The van der Waals surface area contributed by atoms with Gasteiger partial charge in [-0.25, -0.2) is 0 Å². The summed E-state index contributed by atoms with van der Waals surface area (Å²) in [5.74, 6) is -0.0386. The van der Waals surface area contributed by atoms with Crippen LogP contribution in [0.15, 0.2) is 24.3 Å². The fourth-order valence-corrected chi connectivity index (χ4v) is 2.73. The summed E-state index contributed by atoms with van der Waals surface area (Å²) in [5.41, 5.74) is 8.12. The Kier molecular flexibility index (Phi) is 7.05. The molecule has 0 aromatic heterocycles. The predicted molar refractivity (Wildman–Crippen MR) is 95.9 cm³/mol. The second kappa shape index (κ2) is 8.13. The Morgan fingerprint density at radius 1 is 1.30 bits per heavy atom. The van der Waals surface area contributed by atoms with Crippen molar-refractivity contribution in [1.82, 2.24) is 5.32 Å². The number of ether oxygens (including phenoxy) is 1. The molecule has 4 nitrogen and oxygen atoms in total. The minimum absolute atomic E-state index is 0. The molecular formula is C18H29ClN2O2. The third-order valence-electron chi connectivity index (χ3n) is 4.30. The third-order valence-corrected chi connectivity index (χ3v) is 4.30. The molecule has 1 aliphatic rings. The average Bonchev–Trinajstić information content (AvgIpc) is 2.95. The molecule has 0 saturated carbocycles. The van der Waals surface area contributed by atoms with Crippen LogP contribution < -0.4 is 11.1 Å². The molecule has 1 heterocycles. The number of carbonyl (C=O) groups is 1. The molecule has 130 valence electrons. The van der Waals surface area contributed by atoms with Crippen molar-refractivity contribution in [3.05, 3.63) is 35.4 Å².